The van der Waals surface area contributed by atoms with E-state index in [9.17, 15) is 9.90 Å². The largest absolute Gasteiger partial charge is 0.386 e. The Morgan fingerprint density at radius 3 is 2.57 bits per heavy atom. The summed E-state index contributed by atoms with van der Waals surface area (Å²) in [5.74, 6) is 0. The molecular weight excluding hydrogens is 363 g/mol. The normalized spacial score (nSPS) is 26.2. The third-order valence-electron chi connectivity index (χ3n) is 4.39. The Morgan fingerprint density at radius 2 is 1.96 bits per heavy atom. The molecule has 0 spiro atoms. The molecule has 1 aliphatic rings. The van der Waals surface area contributed by atoms with Crippen molar-refractivity contribution in [2.45, 2.75) is 77.3 Å². The number of nitrogens with zero attached hydrogens (tertiary/aromatic N) is 3. The molecule has 4 atom stereocenters. The SMILES string of the molecule is Bc1nc2c(=O)[nH]cnc2n1C1O[C@H](COC(C)(C)C)[C@@H](OC(C)(C)C)[C@H]1O. The van der Waals surface area contributed by atoms with Gasteiger partial charge in [0.25, 0.3) is 5.56 Å². The quantitative estimate of drug-likeness (QED) is 0.684. The summed E-state index contributed by atoms with van der Waals surface area (Å²) in [7, 11) is 1.75. The van der Waals surface area contributed by atoms with Gasteiger partial charge in [-0.25, -0.2) is 9.97 Å². The van der Waals surface area contributed by atoms with E-state index in [0.29, 0.717) is 11.4 Å². The number of fused-ring (bicyclic) bond motifs is 1. The topological polar surface area (TPSA) is 111 Å². The second-order valence-electron chi connectivity index (χ2n) is 9.11. The number of ether oxygens (including phenoxy) is 3. The highest BCUT2D eigenvalue weighted by atomic mass is 16.6. The Kier molecular flexibility index (Phi) is 5.43. The molecular formula is C18H29BN4O5. The van der Waals surface area contributed by atoms with Gasteiger partial charge < -0.3 is 24.3 Å². The Hall–Kier alpha value is -1.75. The van der Waals surface area contributed by atoms with Crippen LogP contribution in [0.2, 0.25) is 0 Å². The van der Waals surface area contributed by atoms with Gasteiger partial charge in [-0.15, -0.1) is 0 Å². The zero-order chi connectivity index (χ0) is 20.9. The lowest BCUT2D eigenvalue weighted by molar-refractivity contribution is -0.138. The summed E-state index contributed by atoms with van der Waals surface area (Å²) in [5, 5.41) is 11.1. The van der Waals surface area contributed by atoms with Gasteiger partial charge in [-0.3, -0.25) is 9.36 Å². The van der Waals surface area contributed by atoms with Crippen molar-refractivity contribution in [3.63, 3.8) is 0 Å². The van der Waals surface area contributed by atoms with E-state index in [1.54, 1.807) is 12.4 Å². The van der Waals surface area contributed by atoms with Crippen LogP contribution in [0.25, 0.3) is 11.2 Å². The maximum Gasteiger partial charge on any atom is 0.278 e. The molecule has 1 saturated heterocycles. The van der Waals surface area contributed by atoms with Crippen molar-refractivity contribution in [3.8, 4) is 0 Å². The molecule has 28 heavy (non-hydrogen) atoms. The van der Waals surface area contributed by atoms with Gasteiger partial charge in [0, 0.05) is 0 Å². The van der Waals surface area contributed by atoms with Crippen molar-refractivity contribution in [3.05, 3.63) is 16.7 Å². The van der Waals surface area contributed by atoms with E-state index in [4.69, 9.17) is 14.2 Å². The van der Waals surface area contributed by atoms with Crippen LogP contribution in [0.4, 0.5) is 0 Å². The minimum Gasteiger partial charge on any atom is -0.386 e. The van der Waals surface area contributed by atoms with Crippen molar-refractivity contribution >= 4 is 24.7 Å². The average molecular weight is 392 g/mol. The van der Waals surface area contributed by atoms with E-state index in [-0.39, 0.29) is 23.3 Å². The van der Waals surface area contributed by atoms with Crippen LogP contribution in [0.3, 0.4) is 0 Å². The number of aliphatic hydroxyl groups is 1. The molecule has 2 aromatic rings. The van der Waals surface area contributed by atoms with Gasteiger partial charge in [0.15, 0.2) is 25.2 Å². The Bertz CT molecular complexity index is 898. The smallest absolute Gasteiger partial charge is 0.278 e. The second kappa shape index (κ2) is 7.25. The number of hydrogen-bond acceptors (Lipinski definition) is 7. The summed E-state index contributed by atoms with van der Waals surface area (Å²) in [6.07, 6.45) is -1.55. The number of aliphatic hydroxyl groups excluding tert-OH is 1. The minimum atomic E-state index is -0.981. The first-order chi connectivity index (χ1) is 12.9. The monoisotopic (exact) mass is 392 g/mol. The molecule has 0 saturated carbocycles. The van der Waals surface area contributed by atoms with Crippen LogP contribution < -0.4 is 11.3 Å². The highest BCUT2D eigenvalue weighted by Gasteiger charge is 2.48. The first kappa shape index (κ1) is 21.0. The van der Waals surface area contributed by atoms with Crippen LogP contribution in [0.15, 0.2) is 11.1 Å². The lowest BCUT2D eigenvalue weighted by Crippen LogP contribution is -2.43. The van der Waals surface area contributed by atoms with Crippen LogP contribution in [0, 0.1) is 0 Å². The van der Waals surface area contributed by atoms with E-state index in [1.165, 1.54) is 6.33 Å². The number of nitrogens with one attached hydrogen (secondary N) is 1. The number of rotatable bonds is 4. The second-order valence-corrected chi connectivity index (χ2v) is 9.11. The summed E-state index contributed by atoms with van der Waals surface area (Å²) >= 11 is 0. The van der Waals surface area contributed by atoms with E-state index < -0.39 is 30.1 Å². The predicted octanol–water partition coefficient (Wildman–Crippen LogP) is -0.365. The Morgan fingerprint density at radius 1 is 1.29 bits per heavy atom. The highest BCUT2D eigenvalue weighted by molar-refractivity contribution is 6.30. The van der Waals surface area contributed by atoms with Crippen molar-refractivity contribution in [1.82, 2.24) is 19.5 Å². The number of imidazole rings is 1. The van der Waals surface area contributed by atoms with Gasteiger partial charge in [0.1, 0.15) is 18.3 Å². The van der Waals surface area contributed by atoms with Crippen LogP contribution in [-0.2, 0) is 14.2 Å². The Labute approximate surface area is 164 Å². The van der Waals surface area contributed by atoms with Gasteiger partial charge >= 0.3 is 0 Å². The molecule has 0 bridgehead atoms. The third-order valence-corrected chi connectivity index (χ3v) is 4.39. The molecule has 2 N–H and O–H groups in total. The minimum absolute atomic E-state index is 0.207. The van der Waals surface area contributed by atoms with E-state index >= 15 is 0 Å². The summed E-state index contributed by atoms with van der Waals surface area (Å²) in [6, 6.07) is 0. The molecule has 154 valence electrons. The number of aromatic nitrogens is 4. The summed E-state index contributed by atoms with van der Waals surface area (Å²) in [4.78, 5) is 23.1. The number of hydrogen-bond donors (Lipinski definition) is 2. The summed E-state index contributed by atoms with van der Waals surface area (Å²) < 4.78 is 19.8. The molecule has 3 heterocycles. The molecule has 3 rings (SSSR count). The maximum absolute atomic E-state index is 12.1. The molecule has 0 aliphatic carbocycles. The maximum atomic E-state index is 12.1. The molecule has 1 aliphatic heterocycles. The number of H-pyrrole nitrogens is 1. The molecule has 10 heteroatoms. The van der Waals surface area contributed by atoms with Crippen molar-refractivity contribution in [1.29, 1.82) is 0 Å². The lowest BCUT2D eigenvalue weighted by atomic mass is 10.1. The molecule has 0 aromatic carbocycles. The van der Waals surface area contributed by atoms with Crippen molar-refractivity contribution in [2.75, 3.05) is 6.61 Å². The predicted molar refractivity (Wildman–Crippen MR) is 107 cm³/mol. The fourth-order valence-corrected chi connectivity index (χ4v) is 3.29. The molecule has 2 aromatic heterocycles. The Balaban J connectivity index is 1.97. The van der Waals surface area contributed by atoms with E-state index in [2.05, 4.69) is 15.0 Å². The number of aromatic amines is 1. The van der Waals surface area contributed by atoms with E-state index in [1.807, 2.05) is 41.5 Å². The van der Waals surface area contributed by atoms with Crippen LogP contribution in [-0.4, -0.2) is 68.6 Å². The lowest BCUT2D eigenvalue weighted by Gasteiger charge is -2.30. The molecule has 1 unspecified atom stereocenters. The fraction of sp³-hybridized carbons (Fsp3) is 0.722. The first-order valence-corrected chi connectivity index (χ1v) is 9.45. The highest BCUT2D eigenvalue weighted by Crippen LogP contribution is 2.35. The van der Waals surface area contributed by atoms with Gasteiger partial charge in [-0.2, -0.15) is 0 Å². The van der Waals surface area contributed by atoms with Gasteiger partial charge in [-0.1, -0.05) is 0 Å². The van der Waals surface area contributed by atoms with Gasteiger partial charge in [-0.05, 0) is 41.5 Å². The van der Waals surface area contributed by atoms with Crippen LogP contribution >= 0.6 is 0 Å². The third kappa shape index (κ3) is 4.30. The molecule has 9 nitrogen and oxygen atoms in total. The zero-order valence-electron chi connectivity index (χ0n) is 17.5. The first-order valence-electron chi connectivity index (χ1n) is 9.45. The van der Waals surface area contributed by atoms with Gasteiger partial charge in [0.2, 0.25) is 0 Å². The fourth-order valence-electron chi connectivity index (χ4n) is 3.29. The van der Waals surface area contributed by atoms with Crippen molar-refractivity contribution in [2.24, 2.45) is 0 Å². The summed E-state index contributed by atoms with van der Waals surface area (Å²) in [6.45, 7) is 11.9. The average Bonchev–Trinajstić information content (AvgIpc) is 3.02. The molecule has 1 fully saturated rings. The van der Waals surface area contributed by atoms with Crippen molar-refractivity contribution < 1.29 is 19.3 Å². The standard InChI is InChI=1S/C18H29BN4O5/c1-17(2,3)26-7-9-12(28-18(4,5)6)11(24)15(27-9)23-13-10(22-16(23)19)14(25)21-8-20-13/h8-9,11-12,15,24H,7,19H2,1-6H3,(H,20,21,25)/t9-,11-,12-,15?/m1/s1. The van der Waals surface area contributed by atoms with Gasteiger partial charge in [0.05, 0.1) is 29.9 Å². The molecule has 0 amide bonds. The zero-order valence-corrected chi connectivity index (χ0v) is 17.5. The van der Waals surface area contributed by atoms with Crippen LogP contribution in [0.1, 0.15) is 47.8 Å². The van der Waals surface area contributed by atoms with Crippen LogP contribution in [0.5, 0.6) is 0 Å². The van der Waals surface area contributed by atoms with E-state index in [0.717, 1.165) is 0 Å². The molecule has 0 radical (unpaired) electrons. The summed E-state index contributed by atoms with van der Waals surface area (Å²) in [5.41, 5.74) is -0.0866.